The van der Waals surface area contributed by atoms with Gasteiger partial charge in [-0.15, -0.1) is 0 Å². The van der Waals surface area contributed by atoms with Gasteiger partial charge in [-0.25, -0.2) is 14.4 Å². The van der Waals surface area contributed by atoms with Crippen LogP contribution in [0.4, 0.5) is 21.7 Å². The third-order valence-corrected chi connectivity index (χ3v) is 4.67. The lowest BCUT2D eigenvalue weighted by atomic mass is 10.1. The lowest BCUT2D eigenvalue weighted by molar-refractivity contribution is 0.102. The van der Waals surface area contributed by atoms with Gasteiger partial charge in [0.15, 0.2) is 0 Å². The zero-order chi connectivity index (χ0) is 22.5. The molecule has 156 valence electrons. The van der Waals surface area contributed by atoms with Gasteiger partial charge in [-0.3, -0.25) is 9.78 Å². The Balaban J connectivity index is 1.51. The number of pyridine rings is 3. The van der Waals surface area contributed by atoms with Crippen LogP contribution in [0.15, 0.2) is 73.2 Å². The van der Waals surface area contributed by atoms with E-state index < -0.39 is 0 Å². The van der Waals surface area contributed by atoms with E-state index in [9.17, 15) is 9.18 Å². The zero-order valence-corrected chi connectivity index (χ0v) is 17.0. The SMILES string of the molecule is Cc1nc(Nc2cc(C(=O)Nc3cncc(-c4ccccc4F)c3)ccn2)ccc1C#N. The van der Waals surface area contributed by atoms with Gasteiger partial charge >= 0.3 is 0 Å². The Kier molecular flexibility index (Phi) is 5.81. The number of carbonyl (C=O) groups excluding carboxylic acids is 1. The maximum Gasteiger partial charge on any atom is 0.255 e. The van der Waals surface area contributed by atoms with Crippen molar-refractivity contribution in [3.05, 3.63) is 95.8 Å². The molecule has 0 radical (unpaired) electrons. The van der Waals surface area contributed by atoms with Crippen LogP contribution in [0.25, 0.3) is 11.1 Å². The summed E-state index contributed by atoms with van der Waals surface area (Å²) in [6.07, 6.45) is 4.53. The van der Waals surface area contributed by atoms with Crippen LogP contribution in [-0.4, -0.2) is 20.9 Å². The van der Waals surface area contributed by atoms with Crippen LogP contribution in [0.2, 0.25) is 0 Å². The van der Waals surface area contributed by atoms with Crippen molar-refractivity contribution < 1.29 is 9.18 Å². The number of halogens is 1. The second-order valence-corrected chi connectivity index (χ2v) is 6.89. The first-order chi connectivity index (χ1) is 15.5. The molecule has 4 aromatic rings. The Hall–Kier alpha value is -4.64. The molecule has 8 heteroatoms. The number of aryl methyl sites for hydroxylation is 1. The van der Waals surface area contributed by atoms with Gasteiger partial charge in [0, 0.05) is 29.1 Å². The number of benzene rings is 1. The Morgan fingerprint density at radius 3 is 2.69 bits per heavy atom. The maximum absolute atomic E-state index is 14.1. The highest BCUT2D eigenvalue weighted by Crippen LogP contribution is 2.24. The molecule has 32 heavy (non-hydrogen) atoms. The van der Waals surface area contributed by atoms with Gasteiger partial charge < -0.3 is 10.6 Å². The summed E-state index contributed by atoms with van der Waals surface area (Å²) in [6.45, 7) is 1.74. The minimum Gasteiger partial charge on any atom is -0.325 e. The lowest BCUT2D eigenvalue weighted by Crippen LogP contribution is -2.12. The third kappa shape index (κ3) is 4.57. The molecule has 0 aliphatic carbocycles. The predicted molar refractivity (Wildman–Crippen MR) is 119 cm³/mol. The number of rotatable bonds is 5. The molecule has 0 atom stereocenters. The summed E-state index contributed by atoms with van der Waals surface area (Å²) in [5.41, 5.74) is 2.84. The summed E-state index contributed by atoms with van der Waals surface area (Å²) >= 11 is 0. The number of amides is 1. The van der Waals surface area contributed by atoms with Gasteiger partial charge in [-0.2, -0.15) is 5.26 Å². The molecule has 0 bridgehead atoms. The standard InChI is InChI=1S/C24H17FN6O/c1-15-17(12-26)6-7-22(29-15)31-23-11-16(8-9-28-23)24(32)30-19-10-18(13-27-14-19)20-4-2-3-5-21(20)25/h2-11,13-14H,1H3,(H,30,32)(H,28,29,31). The molecule has 0 aliphatic rings. The fourth-order valence-electron chi connectivity index (χ4n) is 3.07. The van der Waals surface area contributed by atoms with Crippen LogP contribution in [0, 0.1) is 24.1 Å². The first kappa shape index (κ1) is 20.6. The zero-order valence-electron chi connectivity index (χ0n) is 17.0. The van der Waals surface area contributed by atoms with Gasteiger partial charge in [0.2, 0.25) is 0 Å². The van der Waals surface area contributed by atoms with E-state index in [1.54, 1.807) is 55.5 Å². The van der Waals surface area contributed by atoms with Crippen molar-refractivity contribution in [1.29, 1.82) is 5.26 Å². The predicted octanol–water partition coefficient (Wildman–Crippen LogP) is 4.85. The molecular formula is C24H17FN6O. The molecule has 0 unspecified atom stereocenters. The molecule has 0 aliphatic heterocycles. The van der Waals surface area contributed by atoms with Crippen molar-refractivity contribution in [1.82, 2.24) is 15.0 Å². The van der Waals surface area contributed by atoms with Crippen LogP contribution in [0.3, 0.4) is 0 Å². The number of hydrogen-bond acceptors (Lipinski definition) is 6. The van der Waals surface area contributed by atoms with Crippen LogP contribution >= 0.6 is 0 Å². The summed E-state index contributed by atoms with van der Waals surface area (Å²) in [5, 5.41) is 14.8. The number of aromatic nitrogens is 3. The minimum atomic E-state index is -0.369. The molecule has 0 fully saturated rings. The first-order valence-corrected chi connectivity index (χ1v) is 9.65. The summed E-state index contributed by atoms with van der Waals surface area (Å²) < 4.78 is 14.1. The Morgan fingerprint density at radius 1 is 1.06 bits per heavy atom. The number of nitrogens with one attached hydrogen (secondary N) is 2. The minimum absolute atomic E-state index is 0.365. The molecule has 4 rings (SSSR count). The van der Waals surface area contributed by atoms with E-state index >= 15 is 0 Å². The number of anilines is 3. The normalized spacial score (nSPS) is 10.3. The lowest BCUT2D eigenvalue weighted by Gasteiger charge is -2.10. The van der Waals surface area contributed by atoms with Crippen molar-refractivity contribution in [2.24, 2.45) is 0 Å². The van der Waals surface area contributed by atoms with E-state index in [0.717, 1.165) is 0 Å². The van der Waals surface area contributed by atoms with Crippen molar-refractivity contribution in [3.8, 4) is 17.2 Å². The number of carbonyl (C=O) groups is 1. The number of hydrogen-bond donors (Lipinski definition) is 2. The summed E-state index contributed by atoms with van der Waals surface area (Å²) in [4.78, 5) is 25.4. The maximum atomic E-state index is 14.1. The second kappa shape index (κ2) is 9.02. The largest absolute Gasteiger partial charge is 0.325 e. The fourth-order valence-corrected chi connectivity index (χ4v) is 3.07. The van der Waals surface area contributed by atoms with Gasteiger partial charge in [0.05, 0.1) is 23.1 Å². The van der Waals surface area contributed by atoms with Gasteiger partial charge in [-0.05, 0) is 43.3 Å². The molecular weight excluding hydrogens is 407 g/mol. The van der Waals surface area contributed by atoms with Crippen LogP contribution in [0.5, 0.6) is 0 Å². The molecule has 0 saturated heterocycles. The molecule has 1 amide bonds. The van der Waals surface area contributed by atoms with E-state index in [2.05, 4.69) is 31.7 Å². The Bertz CT molecular complexity index is 1350. The third-order valence-electron chi connectivity index (χ3n) is 4.67. The number of nitriles is 1. The van der Waals surface area contributed by atoms with E-state index in [0.29, 0.717) is 45.3 Å². The van der Waals surface area contributed by atoms with Gasteiger partial charge in [0.1, 0.15) is 23.5 Å². The first-order valence-electron chi connectivity index (χ1n) is 9.65. The highest BCUT2D eigenvalue weighted by molar-refractivity contribution is 6.04. The summed E-state index contributed by atoms with van der Waals surface area (Å²) in [7, 11) is 0. The molecule has 0 spiro atoms. The van der Waals surface area contributed by atoms with E-state index in [-0.39, 0.29) is 11.7 Å². The van der Waals surface area contributed by atoms with E-state index in [1.807, 2.05) is 0 Å². The topological polar surface area (TPSA) is 104 Å². The second-order valence-electron chi connectivity index (χ2n) is 6.89. The smallest absolute Gasteiger partial charge is 0.255 e. The van der Waals surface area contributed by atoms with Crippen molar-refractivity contribution >= 4 is 23.2 Å². The Labute approximate surface area is 183 Å². The monoisotopic (exact) mass is 424 g/mol. The van der Waals surface area contributed by atoms with Crippen LogP contribution in [0.1, 0.15) is 21.6 Å². The molecule has 3 aromatic heterocycles. The van der Waals surface area contributed by atoms with Crippen LogP contribution < -0.4 is 10.6 Å². The van der Waals surface area contributed by atoms with Gasteiger partial charge in [0.25, 0.3) is 5.91 Å². The quantitative estimate of drug-likeness (QED) is 0.474. The summed E-state index contributed by atoms with van der Waals surface area (Å²) in [6, 6.07) is 16.6. The molecule has 7 nitrogen and oxygen atoms in total. The van der Waals surface area contributed by atoms with Crippen molar-refractivity contribution in [2.75, 3.05) is 10.6 Å². The highest BCUT2D eigenvalue weighted by Gasteiger charge is 2.11. The van der Waals surface area contributed by atoms with Crippen molar-refractivity contribution in [3.63, 3.8) is 0 Å². The average Bonchev–Trinajstić information content (AvgIpc) is 2.80. The Morgan fingerprint density at radius 2 is 1.91 bits per heavy atom. The highest BCUT2D eigenvalue weighted by atomic mass is 19.1. The van der Waals surface area contributed by atoms with Gasteiger partial charge in [-0.1, -0.05) is 18.2 Å². The van der Waals surface area contributed by atoms with Crippen LogP contribution in [-0.2, 0) is 0 Å². The van der Waals surface area contributed by atoms with Crippen molar-refractivity contribution in [2.45, 2.75) is 6.92 Å². The molecule has 3 heterocycles. The molecule has 0 saturated carbocycles. The van der Waals surface area contributed by atoms with E-state index in [4.69, 9.17) is 5.26 Å². The average molecular weight is 424 g/mol. The summed E-state index contributed by atoms with van der Waals surface area (Å²) in [5.74, 6) is 0.196. The fraction of sp³-hybridized carbons (Fsp3) is 0.0417. The number of nitrogens with zero attached hydrogens (tertiary/aromatic N) is 4. The van der Waals surface area contributed by atoms with E-state index in [1.165, 1.54) is 24.7 Å². The molecule has 2 N–H and O–H groups in total. The molecule has 1 aromatic carbocycles.